The molecule has 0 fully saturated rings. The van der Waals surface area contributed by atoms with E-state index in [9.17, 15) is 0 Å². The van der Waals surface area contributed by atoms with Crippen LogP contribution in [0.1, 0.15) is 25.5 Å². The summed E-state index contributed by atoms with van der Waals surface area (Å²) in [5, 5.41) is 0.647. The molecule has 3 N–H and O–H groups in total. The van der Waals surface area contributed by atoms with Crippen LogP contribution in [-0.4, -0.2) is 7.11 Å². The summed E-state index contributed by atoms with van der Waals surface area (Å²) in [6.07, 6.45) is 2.03. The van der Waals surface area contributed by atoms with E-state index in [-0.39, 0.29) is 6.04 Å². The predicted octanol–water partition coefficient (Wildman–Crippen LogP) is 2.82. The highest BCUT2D eigenvalue weighted by atomic mass is 35.5. The van der Waals surface area contributed by atoms with Crippen molar-refractivity contribution in [3.05, 3.63) is 40.4 Å². The smallest absolute Gasteiger partial charge is 0.125 e. The maximum absolute atomic E-state index is 5.90. The van der Waals surface area contributed by atoms with Gasteiger partial charge < -0.3 is 4.74 Å². The number of allylic oxidation sites excluding steroid dienone is 1. The van der Waals surface area contributed by atoms with Crippen LogP contribution in [0.3, 0.4) is 0 Å². The molecule has 1 atom stereocenters. The standard InChI is InChI=1S/C12H17ClN2O/c1-8(2)6-11(15-14)10-5-4-9(13)7-12(10)16-3/h4-7,11,15H,14H2,1-3H3. The third-order valence-electron chi connectivity index (χ3n) is 2.21. The van der Waals surface area contributed by atoms with Gasteiger partial charge in [-0.3, -0.25) is 5.84 Å². The van der Waals surface area contributed by atoms with Gasteiger partial charge in [0.2, 0.25) is 0 Å². The van der Waals surface area contributed by atoms with E-state index < -0.39 is 0 Å². The first kappa shape index (κ1) is 13.0. The van der Waals surface area contributed by atoms with Crippen molar-refractivity contribution in [3.8, 4) is 5.75 Å². The minimum atomic E-state index is -0.0720. The molecule has 0 aliphatic heterocycles. The van der Waals surface area contributed by atoms with Crippen LogP contribution in [0.25, 0.3) is 0 Å². The van der Waals surface area contributed by atoms with E-state index in [1.54, 1.807) is 13.2 Å². The Hall–Kier alpha value is -1.03. The maximum atomic E-state index is 5.90. The Labute approximate surface area is 101 Å². The average Bonchev–Trinajstić information content (AvgIpc) is 2.25. The molecule has 0 aliphatic carbocycles. The van der Waals surface area contributed by atoms with Gasteiger partial charge in [-0.05, 0) is 26.0 Å². The summed E-state index contributed by atoms with van der Waals surface area (Å²) >= 11 is 5.90. The predicted molar refractivity (Wildman–Crippen MR) is 67.5 cm³/mol. The van der Waals surface area contributed by atoms with Crippen molar-refractivity contribution in [3.63, 3.8) is 0 Å². The van der Waals surface area contributed by atoms with Gasteiger partial charge in [-0.2, -0.15) is 0 Å². The second kappa shape index (κ2) is 5.89. The lowest BCUT2D eigenvalue weighted by atomic mass is 10.0. The normalized spacial score (nSPS) is 12.1. The van der Waals surface area contributed by atoms with Crippen molar-refractivity contribution in [1.29, 1.82) is 0 Å². The number of halogens is 1. The van der Waals surface area contributed by atoms with E-state index in [0.717, 1.165) is 11.3 Å². The van der Waals surface area contributed by atoms with Gasteiger partial charge in [0.1, 0.15) is 5.75 Å². The molecular weight excluding hydrogens is 224 g/mol. The summed E-state index contributed by atoms with van der Waals surface area (Å²) in [4.78, 5) is 0. The van der Waals surface area contributed by atoms with Crippen LogP contribution in [-0.2, 0) is 0 Å². The van der Waals surface area contributed by atoms with Gasteiger partial charge in [0.15, 0.2) is 0 Å². The monoisotopic (exact) mass is 240 g/mol. The first-order chi connectivity index (χ1) is 7.58. The maximum Gasteiger partial charge on any atom is 0.125 e. The van der Waals surface area contributed by atoms with E-state index in [4.69, 9.17) is 22.2 Å². The van der Waals surface area contributed by atoms with Gasteiger partial charge >= 0.3 is 0 Å². The molecule has 0 spiro atoms. The molecule has 0 aromatic heterocycles. The molecule has 0 radical (unpaired) electrons. The third-order valence-corrected chi connectivity index (χ3v) is 2.45. The van der Waals surface area contributed by atoms with E-state index in [1.165, 1.54) is 5.57 Å². The van der Waals surface area contributed by atoms with E-state index >= 15 is 0 Å². The Balaban J connectivity index is 3.14. The summed E-state index contributed by atoms with van der Waals surface area (Å²) in [6, 6.07) is 5.44. The number of rotatable bonds is 4. The molecule has 1 unspecified atom stereocenters. The lowest BCUT2D eigenvalue weighted by molar-refractivity contribution is 0.405. The van der Waals surface area contributed by atoms with Crippen molar-refractivity contribution < 1.29 is 4.74 Å². The second-order valence-electron chi connectivity index (χ2n) is 3.77. The Morgan fingerprint density at radius 2 is 2.19 bits per heavy atom. The molecule has 3 nitrogen and oxygen atoms in total. The molecule has 0 saturated heterocycles. The first-order valence-electron chi connectivity index (χ1n) is 5.03. The van der Waals surface area contributed by atoms with Gasteiger partial charge in [-0.25, -0.2) is 5.43 Å². The quantitative estimate of drug-likeness (QED) is 0.483. The van der Waals surface area contributed by atoms with Crippen LogP contribution in [0.2, 0.25) is 5.02 Å². The number of nitrogens with two attached hydrogens (primary N) is 1. The summed E-state index contributed by atoms with van der Waals surface area (Å²) in [6.45, 7) is 4.04. The Bertz CT molecular complexity index is 387. The van der Waals surface area contributed by atoms with Crippen molar-refractivity contribution >= 4 is 11.6 Å². The number of hydrogen-bond acceptors (Lipinski definition) is 3. The molecule has 1 rings (SSSR count). The van der Waals surface area contributed by atoms with E-state index in [0.29, 0.717) is 5.02 Å². The zero-order valence-corrected chi connectivity index (χ0v) is 10.5. The first-order valence-corrected chi connectivity index (χ1v) is 5.41. The van der Waals surface area contributed by atoms with Crippen LogP contribution in [0.4, 0.5) is 0 Å². The molecule has 0 amide bonds. The lowest BCUT2D eigenvalue weighted by Crippen LogP contribution is -2.27. The van der Waals surface area contributed by atoms with Gasteiger partial charge in [0.05, 0.1) is 13.2 Å². The third kappa shape index (κ3) is 3.23. The minimum Gasteiger partial charge on any atom is -0.496 e. The Morgan fingerprint density at radius 1 is 1.50 bits per heavy atom. The van der Waals surface area contributed by atoms with Gasteiger partial charge in [0, 0.05) is 10.6 Å². The molecule has 88 valence electrons. The minimum absolute atomic E-state index is 0.0720. The molecule has 16 heavy (non-hydrogen) atoms. The van der Waals surface area contributed by atoms with Crippen LogP contribution >= 0.6 is 11.6 Å². The molecule has 4 heteroatoms. The molecule has 1 aromatic rings. The van der Waals surface area contributed by atoms with Crippen LogP contribution < -0.4 is 16.0 Å². The molecule has 0 bridgehead atoms. The molecule has 0 saturated carbocycles. The number of ether oxygens (including phenoxy) is 1. The topological polar surface area (TPSA) is 47.3 Å². The number of hydrogen-bond donors (Lipinski definition) is 2. The Kier molecular flexibility index (Phi) is 4.80. The van der Waals surface area contributed by atoms with Crippen LogP contribution in [0.5, 0.6) is 5.75 Å². The highest BCUT2D eigenvalue weighted by Gasteiger charge is 2.12. The van der Waals surface area contributed by atoms with Gasteiger partial charge in [-0.1, -0.05) is 29.3 Å². The summed E-state index contributed by atoms with van der Waals surface area (Å²) in [5.41, 5.74) is 4.89. The van der Waals surface area contributed by atoms with Crippen molar-refractivity contribution in [1.82, 2.24) is 5.43 Å². The Morgan fingerprint density at radius 3 is 2.69 bits per heavy atom. The fourth-order valence-electron chi connectivity index (χ4n) is 1.50. The summed E-state index contributed by atoms with van der Waals surface area (Å²) in [5.74, 6) is 6.26. The SMILES string of the molecule is COc1cc(Cl)ccc1C(C=C(C)C)NN. The number of benzene rings is 1. The molecule has 0 heterocycles. The van der Waals surface area contributed by atoms with Crippen molar-refractivity contribution in [2.45, 2.75) is 19.9 Å². The fourth-order valence-corrected chi connectivity index (χ4v) is 1.67. The largest absolute Gasteiger partial charge is 0.496 e. The highest BCUT2D eigenvalue weighted by molar-refractivity contribution is 6.30. The lowest BCUT2D eigenvalue weighted by Gasteiger charge is -2.16. The molecule has 0 aliphatic rings. The van der Waals surface area contributed by atoms with Crippen LogP contribution in [0, 0.1) is 0 Å². The number of hydrazine groups is 1. The molecule has 1 aromatic carbocycles. The van der Waals surface area contributed by atoms with Crippen molar-refractivity contribution in [2.75, 3.05) is 7.11 Å². The zero-order chi connectivity index (χ0) is 12.1. The van der Waals surface area contributed by atoms with Crippen LogP contribution in [0.15, 0.2) is 29.8 Å². The fraction of sp³-hybridized carbons (Fsp3) is 0.333. The number of methoxy groups -OCH3 is 1. The van der Waals surface area contributed by atoms with E-state index in [1.807, 2.05) is 32.1 Å². The number of nitrogens with one attached hydrogen (secondary N) is 1. The van der Waals surface area contributed by atoms with E-state index in [2.05, 4.69) is 5.43 Å². The summed E-state index contributed by atoms with van der Waals surface area (Å²) in [7, 11) is 1.62. The van der Waals surface area contributed by atoms with Gasteiger partial charge in [0.25, 0.3) is 0 Å². The average molecular weight is 241 g/mol. The summed E-state index contributed by atoms with van der Waals surface area (Å²) < 4.78 is 5.28. The van der Waals surface area contributed by atoms with Crippen molar-refractivity contribution in [2.24, 2.45) is 5.84 Å². The highest BCUT2D eigenvalue weighted by Crippen LogP contribution is 2.29. The molecular formula is C12H17ClN2O. The zero-order valence-electron chi connectivity index (χ0n) is 9.75. The van der Waals surface area contributed by atoms with Gasteiger partial charge in [-0.15, -0.1) is 0 Å². The second-order valence-corrected chi connectivity index (χ2v) is 4.21.